The highest BCUT2D eigenvalue weighted by atomic mass is 35.5. The predicted octanol–water partition coefficient (Wildman–Crippen LogP) is 4.35. The number of rotatable bonds is 9. The van der Waals surface area contributed by atoms with Gasteiger partial charge in [0.05, 0.1) is 11.9 Å². The van der Waals surface area contributed by atoms with Gasteiger partial charge in [-0.3, -0.25) is 4.31 Å². The molecular weight excluding hydrogens is 434 g/mol. The highest BCUT2D eigenvalue weighted by Crippen LogP contribution is 2.21. The second-order valence-electron chi connectivity index (χ2n) is 6.16. The molecule has 152 valence electrons. The number of nitrogens with zero attached hydrogens (tertiary/aromatic N) is 1. The molecule has 9 heteroatoms. The molecule has 0 bridgehead atoms. The molecule has 0 aliphatic carbocycles. The number of hydrogen-bond donors (Lipinski definition) is 2. The fraction of sp³-hybridized carbons (Fsp3) is 0.316. The van der Waals surface area contributed by atoms with Gasteiger partial charge in [0.25, 0.3) is 0 Å². The van der Waals surface area contributed by atoms with Crippen molar-refractivity contribution in [2.45, 2.75) is 12.2 Å². The summed E-state index contributed by atoms with van der Waals surface area (Å²) in [5, 5.41) is 7.57. The van der Waals surface area contributed by atoms with E-state index < -0.39 is 10.0 Å². The maximum absolute atomic E-state index is 11.7. The average molecular weight is 458 g/mol. The van der Waals surface area contributed by atoms with Gasteiger partial charge in [-0.2, -0.15) is 11.8 Å². The first-order chi connectivity index (χ1) is 13.3. The Morgan fingerprint density at radius 1 is 1.21 bits per heavy atom. The summed E-state index contributed by atoms with van der Waals surface area (Å²) in [6, 6.07) is 15.0. The van der Waals surface area contributed by atoms with E-state index in [1.165, 1.54) is 17.6 Å². The van der Waals surface area contributed by atoms with Crippen LogP contribution in [0.1, 0.15) is 12.0 Å². The molecule has 2 aromatic carbocycles. The molecule has 0 aliphatic heterocycles. The molecule has 0 saturated heterocycles. The van der Waals surface area contributed by atoms with Crippen LogP contribution in [0.25, 0.3) is 0 Å². The minimum atomic E-state index is -3.30. The Morgan fingerprint density at radius 2 is 1.96 bits per heavy atom. The molecule has 2 aromatic rings. The normalized spacial score (nSPS) is 11.1. The summed E-state index contributed by atoms with van der Waals surface area (Å²) >= 11 is 13.3. The summed E-state index contributed by atoms with van der Waals surface area (Å²) in [6.07, 6.45) is 2.14. The van der Waals surface area contributed by atoms with Gasteiger partial charge in [-0.15, -0.1) is 0 Å². The highest BCUT2D eigenvalue weighted by Gasteiger charge is 2.12. The van der Waals surface area contributed by atoms with E-state index in [1.54, 1.807) is 18.2 Å². The maximum atomic E-state index is 11.7. The molecule has 0 saturated carbocycles. The smallest absolute Gasteiger partial charge is 0.231 e. The van der Waals surface area contributed by atoms with Crippen molar-refractivity contribution >= 4 is 62.1 Å². The number of thiocarbonyl (C=S) groups is 1. The topological polar surface area (TPSA) is 61.4 Å². The van der Waals surface area contributed by atoms with Gasteiger partial charge in [0.2, 0.25) is 10.0 Å². The van der Waals surface area contributed by atoms with Crippen molar-refractivity contribution in [3.8, 4) is 0 Å². The molecule has 0 aromatic heterocycles. The van der Waals surface area contributed by atoms with Gasteiger partial charge >= 0.3 is 0 Å². The van der Waals surface area contributed by atoms with Gasteiger partial charge in [0.1, 0.15) is 0 Å². The fourth-order valence-electron chi connectivity index (χ4n) is 2.32. The highest BCUT2D eigenvalue weighted by molar-refractivity contribution is 7.98. The molecule has 0 aliphatic rings. The van der Waals surface area contributed by atoms with Gasteiger partial charge in [-0.05, 0) is 54.2 Å². The van der Waals surface area contributed by atoms with Crippen LogP contribution >= 0.6 is 35.6 Å². The lowest BCUT2D eigenvalue weighted by Crippen LogP contribution is -2.29. The number of sulfonamides is 1. The molecule has 0 radical (unpaired) electrons. The molecule has 2 N–H and O–H groups in total. The van der Waals surface area contributed by atoms with E-state index >= 15 is 0 Å². The monoisotopic (exact) mass is 457 g/mol. The van der Waals surface area contributed by atoms with Crippen LogP contribution in [0.4, 0.5) is 11.4 Å². The van der Waals surface area contributed by atoms with E-state index in [-0.39, 0.29) is 0 Å². The van der Waals surface area contributed by atoms with E-state index in [0.717, 1.165) is 40.7 Å². The summed E-state index contributed by atoms with van der Waals surface area (Å²) in [5.74, 6) is 1.89. The number of hydrogen-bond acceptors (Lipinski definition) is 4. The third-order valence-corrected chi connectivity index (χ3v) is 6.84. The molecule has 0 heterocycles. The molecule has 0 fully saturated rings. The van der Waals surface area contributed by atoms with E-state index in [0.29, 0.717) is 10.8 Å². The van der Waals surface area contributed by atoms with Crippen LogP contribution in [0.3, 0.4) is 0 Å². The Bertz CT molecular complexity index is 907. The first-order valence-corrected chi connectivity index (χ1v) is 12.5. The third-order valence-electron chi connectivity index (χ3n) is 3.93. The van der Waals surface area contributed by atoms with E-state index in [2.05, 4.69) is 10.6 Å². The van der Waals surface area contributed by atoms with Crippen LogP contribution in [-0.4, -0.2) is 39.1 Å². The van der Waals surface area contributed by atoms with Crippen molar-refractivity contribution in [1.29, 1.82) is 0 Å². The molecular formula is C19H24ClN3O2S3. The summed E-state index contributed by atoms with van der Waals surface area (Å²) in [7, 11) is -1.78. The van der Waals surface area contributed by atoms with Crippen molar-refractivity contribution < 1.29 is 8.42 Å². The SMILES string of the molecule is CN(c1cccc(NC(=S)NCCCSCc2ccccc2Cl)c1)S(C)(=O)=O. The quantitative estimate of drug-likeness (QED) is 0.431. The van der Waals surface area contributed by atoms with Crippen molar-refractivity contribution in [2.75, 3.05) is 35.2 Å². The largest absolute Gasteiger partial charge is 0.362 e. The lowest BCUT2D eigenvalue weighted by atomic mass is 10.2. The maximum Gasteiger partial charge on any atom is 0.231 e. The van der Waals surface area contributed by atoms with Crippen LogP contribution in [0.5, 0.6) is 0 Å². The lowest BCUT2D eigenvalue weighted by Gasteiger charge is -2.18. The lowest BCUT2D eigenvalue weighted by molar-refractivity contribution is 0.600. The number of anilines is 2. The Morgan fingerprint density at radius 3 is 2.68 bits per heavy atom. The average Bonchev–Trinajstić information content (AvgIpc) is 2.64. The van der Waals surface area contributed by atoms with Crippen LogP contribution in [0, 0.1) is 0 Å². The van der Waals surface area contributed by atoms with Crippen molar-refractivity contribution in [2.24, 2.45) is 0 Å². The number of thioether (sulfide) groups is 1. The van der Waals surface area contributed by atoms with Crippen LogP contribution in [-0.2, 0) is 15.8 Å². The van der Waals surface area contributed by atoms with Crippen LogP contribution < -0.4 is 14.9 Å². The minimum Gasteiger partial charge on any atom is -0.362 e. The molecule has 0 unspecified atom stereocenters. The molecule has 28 heavy (non-hydrogen) atoms. The Balaban J connectivity index is 1.71. The van der Waals surface area contributed by atoms with E-state index in [4.69, 9.17) is 23.8 Å². The van der Waals surface area contributed by atoms with Gasteiger partial charge in [-0.1, -0.05) is 35.9 Å². The standard InChI is InChI=1S/C19H24ClN3O2S3/c1-23(28(2,24)25)17-9-5-8-16(13-17)22-19(26)21-11-6-12-27-14-15-7-3-4-10-18(15)20/h3-5,7-10,13H,6,11-12,14H2,1-2H3,(H2,21,22,26). The van der Waals surface area contributed by atoms with Crippen LogP contribution in [0.2, 0.25) is 5.02 Å². The van der Waals surface area contributed by atoms with Gasteiger partial charge in [0, 0.05) is 30.1 Å². The zero-order chi connectivity index (χ0) is 20.6. The van der Waals surface area contributed by atoms with Crippen molar-refractivity contribution in [3.63, 3.8) is 0 Å². The Labute approximate surface area is 181 Å². The molecule has 0 amide bonds. The van der Waals surface area contributed by atoms with Gasteiger partial charge in [-0.25, -0.2) is 8.42 Å². The molecule has 2 rings (SSSR count). The molecule has 5 nitrogen and oxygen atoms in total. The third kappa shape index (κ3) is 7.50. The van der Waals surface area contributed by atoms with Gasteiger partial charge in [0.15, 0.2) is 5.11 Å². The molecule has 0 atom stereocenters. The zero-order valence-corrected chi connectivity index (χ0v) is 19.0. The molecule has 0 spiro atoms. The first-order valence-electron chi connectivity index (χ1n) is 8.67. The van der Waals surface area contributed by atoms with Crippen LogP contribution in [0.15, 0.2) is 48.5 Å². The Kier molecular flexibility index (Phi) is 8.88. The fourth-order valence-corrected chi connectivity index (χ4v) is 4.28. The van der Waals surface area contributed by atoms with E-state index in [1.807, 2.05) is 42.1 Å². The Hall–Kier alpha value is -1.48. The van der Waals surface area contributed by atoms with Crippen molar-refractivity contribution in [1.82, 2.24) is 5.32 Å². The van der Waals surface area contributed by atoms with E-state index in [9.17, 15) is 8.42 Å². The summed E-state index contributed by atoms with van der Waals surface area (Å²) < 4.78 is 24.5. The number of nitrogens with one attached hydrogen (secondary N) is 2. The second kappa shape index (κ2) is 10.9. The minimum absolute atomic E-state index is 0.510. The summed E-state index contributed by atoms with van der Waals surface area (Å²) in [5.41, 5.74) is 2.46. The van der Waals surface area contributed by atoms with Gasteiger partial charge < -0.3 is 10.6 Å². The number of benzene rings is 2. The summed E-state index contributed by atoms with van der Waals surface area (Å²) in [6.45, 7) is 0.754. The second-order valence-corrected chi connectivity index (χ2v) is 10.1. The number of halogens is 1. The predicted molar refractivity (Wildman–Crippen MR) is 126 cm³/mol. The zero-order valence-electron chi connectivity index (χ0n) is 15.8. The summed E-state index contributed by atoms with van der Waals surface area (Å²) in [4.78, 5) is 0. The van der Waals surface area contributed by atoms with Crippen molar-refractivity contribution in [3.05, 3.63) is 59.1 Å². The first kappa shape index (κ1) is 22.8.